The van der Waals surface area contributed by atoms with Crippen LogP contribution in [0.3, 0.4) is 0 Å². The first-order valence-corrected chi connectivity index (χ1v) is 8.95. The third-order valence-corrected chi connectivity index (χ3v) is 4.81. The summed E-state index contributed by atoms with van der Waals surface area (Å²) in [7, 11) is 1.63. The van der Waals surface area contributed by atoms with Crippen LogP contribution in [0.5, 0.6) is 5.75 Å². The number of hydrogen-bond donors (Lipinski definition) is 0. The van der Waals surface area contributed by atoms with Crippen LogP contribution < -0.4 is 9.64 Å². The minimum atomic E-state index is -0.491. The fourth-order valence-corrected chi connectivity index (χ4v) is 3.39. The molecular formula is C23H21NO3. The van der Waals surface area contributed by atoms with E-state index in [-0.39, 0.29) is 11.9 Å². The number of rotatable bonds is 6. The highest BCUT2D eigenvalue weighted by molar-refractivity contribution is 6.05. The Balaban J connectivity index is 1.58. The standard InChI is InChI=1S/C23H21NO3/c1-26-20-14-12-19(13-15-20)24-21(18-10-6-3-7-11-18)22(23(24)25)27-16-17-8-4-2-5-9-17/h2-15,21-22H,16H2,1H3/t21-,22+/m0/s1. The number of hydrogen-bond acceptors (Lipinski definition) is 3. The Morgan fingerprint density at radius 3 is 2.11 bits per heavy atom. The molecule has 0 radical (unpaired) electrons. The zero-order valence-corrected chi connectivity index (χ0v) is 15.1. The van der Waals surface area contributed by atoms with E-state index in [2.05, 4.69) is 0 Å². The van der Waals surface area contributed by atoms with Gasteiger partial charge in [-0.3, -0.25) is 9.69 Å². The molecule has 1 amide bonds. The Hall–Kier alpha value is -3.11. The number of β-lactam (4-membered cyclic amide) rings is 1. The first-order valence-electron chi connectivity index (χ1n) is 8.95. The predicted octanol–water partition coefficient (Wildman–Crippen LogP) is 4.37. The van der Waals surface area contributed by atoms with E-state index in [9.17, 15) is 4.79 Å². The van der Waals surface area contributed by atoms with Crippen LogP contribution >= 0.6 is 0 Å². The van der Waals surface area contributed by atoms with Crippen molar-refractivity contribution in [1.82, 2.24) is 0 Å². The Kier molecular flexibility index (Phi) is 4.90. The smallest absolute Gasteiger partial charge is 0.259 e. The summed E-state index contributed by atoms with van der Waals surface area (Å²) in [5, 5.41) is 0. The average molecular weight is 359 g/mol. The summed E-state index contributed by atoms with van der Waals surface area (Å²) in [4.78, 5) is 14.7. The van der Waals surface area contributed by atoms with Crippen molar-refractivity contribution in [3.63, 3.8) is 0 Å². The number of carbonyl (C=O) groups excluding carboxylic acids is 1. The summed E-state index contributed by atoms with van der Waals surface area (Å²) < 4.78 is 11.2. The lowest BCUT2D eigenvalue weighted by atomic mass is 9.89. The molecule has 1 aliphatic heterocycles. The molecule has 0 spiro atoms. The van der Waals surface area contributed by atoms with Crippen molar-refractivity contribution in [2.75, 3.05) is 12.0 Å². The fraction of sp³-hybridized carbons (Fsp3) is 0.174. The van der Waals surface area contributed by atoms with Crippen molar-refractivity contribution in [2.45, 2.75) is 18.8 Å². The van der Waals surface area contributed by atoms with Gasteiger partial charge >= 0.3 is 0 Å². The molecule has 0 aliphatic carbocycles. The lowest BCUT2D eigenvalue weighted by molar-refractivity contribution is -0.143. The number of benzene rings is 3. The maximum atomic E-state index is 12.9. The van der Waals surface area contributed by atoms with Crippen molar-refractivity contribution in [2.24, 2.45) is 0 Å². The molecule has 2 atom stereocenters. The zero-order valence-electron chi connectivity index (χ0n) is 15.1. The van der Waals surface area contributed by atoms with Crippen LogP contribution in [-0.2, 0) is 16.1 Å². The molecule has 1 aliphatic rings. The number of ether oxygens (including phenoxy) is 2. The van der Waals surface area contributed by atoms with Gasteiger partial charge < -0.3 is 9.47 Å². The maximum Gasteiger partial charge on any atom is 0.259 e. The van der Waals surface area contributed by atoms with Gasteiger partial charge in [-0.05, 0) is 35.4 Å². The van der Waals surface area contributed by atoms with E-state index in [4.69, 9.17) is 9.47 Å². The van der Waals surface area contributed by atoms with Crippen molar-refractivity contribution in [3.8, 4) is 5.75 Å². The summed E-state index contributed by atoms with van der Waals surface area (Å²) in [5.74, 6) is 0.741. The Bertz CT molecular complexity index is 894. The molecule has 3 aromatic rings. The zero-order chi connectivity index (χ0) is 18.6. The first-order chi connectivity index (χ1) is 13.3. The lowest BCUT2D eigenvalue weighted by Crippen LogP contribution is -2.60. The molecule has 1 saturated heterocycles. The second kappa shape index (κ2) is 7.64. The van der Waals surface area contributed by atoms with Gasteiger partial charge in [0.2, 0.25) is 0 Å². The van der Waals surface area contributed by atoms with Crippen LogP contribution in [0.1, 0.15) is 17.2 Å². The molecule has 0 bridgehead atoms. The van der Waals surface area contributed by atoms with Crippen LogP contribution in [0.4, 0.5) is 5.69 Å². The minimum absolute atomic E-state index is 0.0232. The molecular weight excluding hydrogens is 338 g/mol. The number of anilines is 1. The molecule has 4 nitrogen and oxygen atoms in total. The van der Waals surface area contributed by atoms with Crippen molar-refractivity contribution in [1.29, 1.82) is 0 Å². The molecule has 0 unspecified atom stereocenters. The topological polar surface area (TPSA) is 38.8 Å². The van der Waals surface area contributed by atoms with E-state index in [1.807, 2.05) is 84.9 Å². The third-order valence-electron chi connectivity index (χ3n) is 4.81. The molecule has 4 heteroatoms. The third kappa shape index (κ3) is 3.44. The second-order valence-corrected chi connectivity index (χ2v) is 6.48. The lowest BCUT2D eigenvalue weighted by Gasteiger charge is -2.46. The van der Waals surface area contributed by atoms with Gasteiger partial charge in [0, 0.05) is 5.69 Å². The van der Waals surface area contributed by atoms with Crippen LogP contribution in [0.15, 0.2) is 84.9 Å². The average Bonchev–Trinajstić information content (AvgIpc) is 2.74. The van der Waals surface area contributed by atoms with E-state index >= 15 is 0 Å². The number of methoxy groups -OCH3 is 1. The summed E-state index contributed by atoms with van der Waals surface area (Å²) >= 11 is 0. The summed E-state index contributed by atoms with van der Waals surface area (Å²) in [6, 6.07) is 27.3. The first kappa shape index (κ1) is 17.3. The van der Waals surface area contributed by atoms with Crippen molar-refractivity contribution < 1.29 is 14.3 Å². The normalized spacial score (nSPS) is 18.9. The molecule has 0 saturated carbocycles. The molecule has 136 valence electrons. The highest BCUT2D eigenvalue weighted by atomic mass is 16.5. The van der Waals surface area contributed by atoms with E-state index in [0.29, 0.717) is 6.61 Å². The van der Waals surface area contributed by atoms with Crippen molar-refractivity contribution >= 4 is 11.6 Å². The van der Waals surface area contributed by atoms with Gasteiger partial charge in [0.15, 0.2) is 6.10 Å². The highest BCUT2D eigenvalue weighted by Gasteiger charge is 2.49. The van der Waals surface area contributed by atoms with E-state index in [0.717, 1.165) is 22.6 Å². The van der Waals surface area contributed by atoms with E-state index in [1.54, 1.807) is 12.0 Å². The monoisotopic (exact) mass is 359 g/mol. The van der Waals surface area contributed by atoms with E-state index < -0.39 is 6.10 Å². The van der Waals surface area contributed by atoms with Crippen LogP contribution in [0.2, 0.25) is 0 Å². The molecule has 27 heavy (non-hydrogen) atoms. The fourth-order valence-electron chi connectivity index (χ4n) is 3.39. The highest BCUT2D eigenvalue weighted by Crippen LogP contribution is 2.41. The summed E-state index contributed by atoms with van der Waals surface area (Å²) in [6.07, 6.45) is -0.491. The number of amides is 1. The Morgan fingerprint density at radius 1 is 0.852 bits per heavy atom. The van der Waals surface area contributed by atoms with Gasteiger partial charge in [0.1, 0.15) is 5.75 Å². The van der Waals surface area contributed by atoms with Gasteiger partial charge in [0.25, 0.3) is 5.91 Å². The van der Waals surface area contributed by atoms with Crippen molar-refractivity contribution in [3.05, 3.63) is 96.1 Å². The molecule has 0 aromatic heterocycles. The van der Waals surface area contributed by atoms with Gasteiger partial charge in [-0.2, -0.15) is 0 Å². The number of nitrogens with zero attached hydrogens (tertiary/aromatic N) is 1. The maximum absolute atomic E-state index is 12.9. The Morgan fingerprint density at radius 2 is 1.48 bits per heavy atom. The number of carbonyl (C=O) groups is 1. The summed E-state index contributed by atoms with van der Waals surface area (Å²) in [5.41, 5.74) is 2.96. The quantitative estimate of drug-likeness (QED) is 0.614. The molecule has 3 aromatic carbocycles. The second-order valence-electron chi connectivity index (χ2n) is 6.48. The largest absolute Gasteiger partial charge is 0.497 e. The Labute approximate surface area is 159 Å². The summed E-state index contributed by atoms with van der Waals surface area (Å²) in [6.45, 7) is 0.414. The predicted molar refractivity (Wildman–Crippen MR) is 105 cm³/mol. The van der Waals surface area contributed by atoms with Gasteiger partial charge in [-0.25, -0.2) is 0 Å². The van der Waals surface area contributed by atoms with Gasteiger partial charge in [-0.15, -0.1) is 0 Å². The van der Waals surface area contributed by atoms with Gasteiger partial charge in [-0.1, -0.05) is 60.7 Å². The van der Waals surface area contributed by atoms with Crippen LogP contribution in [0.25, 0.3) is 0 Å². The SMILES string of the molecule is COc1ccc(N2C(=O)[C@H](OCc3ccccc3)[C@@H]2c2ccccc2)cc1. The van der Waals surface area contributed by atoms with Crippen LogP contribution in [-0.4, -0.2) is 19.1 Å². The molecule has 1 heterocycles. The molecule has 0 N–H and O–H groups in total. The molecule has 1 fully saturated rings. The van der Waals surface area contributed by atoms with Gasteiger partial charge in [0.05, 0.1) is 19.8 Å². The molecule has 4 rings (SSSR count). The van der Waals surface area contributed by atoms with Crippen LogP contribution in [0, 0.1) is 0 Å². The minimum Gasteiger partial charge on any atom is -0.497 e. The van der Waals surface area contributed by atoms with E-state index in [1.165, 1.54) is 0 Å².